The molecule has 0 spiro atoms. The van der Waals surface area contributed by atoms with Gasteiger partial charge in [-0.2, -0.15) is 0 Å². The van der Waals surface area contributed by atoms with Crippen molar-refractivity contribution in [3.05, 3.63) is 59.9 Å². The Morgan fingerprint density at radius 3 is 2.54 bits per heavy atom. The minimum atomic E-state index is -0.191. The fourth-order valence-corrected chi connectivity index (χ4v) is 3.30. The number of nitrogens with one attached hydrogen (secondary N) is 2. The fourth-order valence-electron chi connectivity index (χ4n) is 3.30. The molecule has 2 atom stereocenters. The maximum absolute atomic E-state index is 12.2. The molecule has 3 rings (SSSR count). The number of carbonyl (C=O) groups excluding carboxylic acids is 2. The molecular formula is C20H26Cl2N4O2. The monoisotopic (exact) mass is 424 g/mol. The molecule has 152 valence electrons. The molecule has 1 heterocycles. The fraction of sp³-hybridized carbons (Fsp3) is 0.350. The van der Waals surface area contributed by atoms with Gasteiger partial charge in [0.15, 0.2) is 0 Å². The van der Waals surface area contributed by atoms with Gasteiger partial charge in [-0.05, 0) is 48.6 Å². The van der Waals surface area contributed by atoms with Crippen LogP contribution in [0.5, 0.6) is 0 Å². The van der Waals surface area contributed by atoms with Crippen LogP contribution in [0.1, 0.15) is 41.6 Å². The Kier molecular flexibility index (Phi) is 9.93. The van der Waals surface area contributed by atoms with E-state index >= 15 is 0 Å². The second-order valence-corrected chi connectivity index (χ2v) is 6.73. The van der Waals surface area contributed by atoms with Gasteiger partial charge >= 0.3 is 0 Å². The minimum absolute atomic E-state index is 0. The number of hydrogen-bond acceptors (Lipinski definition) is 4. The molecule has 2 aromatic rings. The van der Waals surface area contributed by atoms with E-state index in [2.05, 4.69) is 15.6 Å². The number of hydrogen-bond donors (Lipinski definition) is 3. The molecule has 1 aromatic heterocycles. The van der Waals surface area contributed by atoms with Crippen LogP contribution in [0.25, 0.3) is 0 Å². The highest BCUT2D eigenvalue weighted by Gasteiger charge is 2.25. The SMILES string of the molecule is Cl.Cl.N[C@@H]1CCC[C@H]1CC(=O)NCc1cccc(NC(=O)c2ccncc2)c1. The summed E-state index contributed by atoms with van der Waals surface area (Å²) in [6, 6.07) is 10.9. The summed E-state index contributed by atoms with van der Waals surface area (Å²) in [4.78, 5) is 28.2. The zero-order valence-electron chi connectivity index (χ0n) is 15.5. The lowest BCUT2D eigenvalue weighted by molar-refractivity contribution is -0.122. The zero-order valence-corrected chi connectivity index (χ0v) is 17.1. The van der Waals surface area contributed by atoms with Crippen LogP contribution in [-0.4, -0.2) is 22.8 Å². The van der Waals surface area contributed by atoms with E-state index in [-0.39, 0.29) is 42.7 Å². The van der Waals surface area contributed by atoms with E-state index in [9.17, 15) is 9.59 Å². The number of nitrogens with zero attached hydrogens (tertiary/aromatic N) is 1. The van der Waals surface area contributed by atoms with Crippen molar-refractivity contribution in [2.75, 3.05) is 5.32 Å². The van der Waals surface area contributed by atoms with Crippen molar-refractivity contribution in [3.8, 4) is 0 Å². The Morgan fingerprint density at radius 1 is 1.11 bits per heavy atom. The third-order valence-corrected chi connectivity index (χ3v) is 4.78. The Labute approximate surface area is 177 Å². The molecule has 6 nitrogen and oxygen atoms in total. The van der Waals surface area contributed by atoms with Gasteiger partial charge in [-0.1, -0.05) is 18.6 Å². The third kappa shape index (κ3) is 6.78. The Balaban J connectivity index is 0.00000196. The number of rotatable bonds is 6. The Hall–Kier alpha value is -2.15. The van der Waals surface area contributed by atoms with Gasteiger partial charge in [0.1, 0.15) is 0 Å². The first-order chi connectivity index (χ1) is 12.6. The predicted octanol–water partition coefficient (Wildman–Crippen LogP) is 3.31. The van der Waals surface area contributed by atoms with Crippen molar-refractivity contribution >= 4 is 42.3 Å². The molecule has 1 saturated carbocycles. The van der Waals surface area contributed by atoms with Crippen LogP contribution in [0.2, 0.25) is 0 Å². The quantitative estimate of drug-likeness (QED) is 0.662. The molecule has 4 N–H and O–H groups in total. The van der Waals surface area contributed by atoms with Gasteiger partial charge in [-0.3, -0.25) is 14.6 Å². The summed E-state index contributed by atoms with van der Waals surface area (Å²) in [6.07, 6.45) is 6.80. The number of halogens is 2. The maximum atomic E-state index is 12.2. The van der Waals surface area contributed by atoms with Crippen molar-refractivity contribution in [3.63, 3.8) is 0 Å². The van der Waals surface area contributed by atoms with Crippen LogP contribution in [0.4, 0.5) is 5.69 Å². The smallest absolute Gasteiger partial charge is 0.255 e. The number of anilines is 1. The van der Waals surface area contributed by atoms with Gasteiger partial charge in [-0.15, -0.1) is 24.8 Å². The van der Waals surface area contributed by atoms with Gasteiger partial charge in [0, 0.05) is 42.7 Å². The van der Waals surface area contributed by atoms with Gasteiger partial charge in [0.2, 0.25) is 5.91 Å². The first kappa shape index (κ1) is 23.9. The highest BCUT2D eigenvalue weighted by molar-refractivity contribution is 6.04. The van der Waals surface area contributed by atoms with Crippen LogP contribution >= 0.6 is 24.8 Å². The summed E-state index contributed by atoms with van der Waals surface area (Å²) in [5.74, 6) is 0.128. The number of pyridine rings is 1. The molecule has 0 bridgehead atoms. The standard InChI is InChI=1S/C20H24N4O2.2ClH/c21-18-6-2-4-16(18)12-19(25)23-13-14-3-1-5-17(11-14)24-20(26)15-7-9-22-10-8-15;;/h1,3,5,7-11,16,18H,2,4,6,12-13,21H2,(H,23,25)(H,24,26);2*1H/t16-,18+;;/m0../s1. The molecule has 28 heavy (non-hydrogen) atoms. The summed E-state index contributed by atoms with van der Waals surface area (Å²) in [5.41, 5.74) is 8.20. The summed E-state index contributed by atoms with van der Waals surface area (Å²) < 4.78 is 0. The van der Waals surface area contributed by atoms with Crippen molar-refractivity contribution < 1.29 is 9.59 Å². The number of nitrogens with two attached hydrogens (primary N) is 1. The molecule has 2 amide bonds. The van der Waals surface area contributed by atoms with E-state index in [1.54, 1.807) is 24.5 Å². The van der Waals surface area contributed by atoms with E-state index in [0.717, 1.165) is 24.8 Å². The number of amides is 2. The largest absolute Gasteiger partial charge is 0.352 e. The molecule has 1 aliphatic carbocycles. The number of carbonyl (C=O) groups is 2. The topological polar surface area (TPSA) is 97.1 Å². The summed E-state index contributed by atoms with van der Waals surface area (Å²) >= 11 is 0. The van der Waals surface area contributed by atoms with E-state index in [1.165, 1.54) is 0 Å². The van der Waals surface area contributed by atoms with Crippen LogP contribution in [-0.2, 0) is 11.3 Å². The molecule has 8 heteroatoms. The first-order valence-corrected chi connectivity index (χ1v) is 8.94. The van der Waals surface area contributed by atoms with E-state index in [0.29, 0.717) is 30.1 Å². The third-order valence-electron chi connectivity index (χ3n) is 4.78. The van der Waals surface area contributed by atoms with Crippen LogP contribution < -0.4 is 16.4 Å². The number of aromatic nitrogens is 1. The van der Waals surface area contributed by atoms with Crippen molar-refractivity contribution in [2.24, 2.45) is 11.7 Å². The predicted molar refractivity (Wildman–Crippen MR) is 115 cm³/mol. The van der Waals surface area contributed by atoms with Gasteiger partial charge in [0.05, 0.1) is 0 Å². The molecule has 1 fully saturated rings. The molecule has 0 aliphatic heterocycles. The van der Waals surface area contributed by atoms with Crippen LogP contribution in [0.15, 0.2) is 48.8 Å². The van der Waals surface area contributed by atoms with E-state index in [1.807, 2.05) is 24.3 Å². The zero-order chi connectivity index (χ0) is 18.4. The van der Waals surface area contributed by atoms with Crippen LogP contribution in [0, 0.1) is 5.92 Å². The lowest BCUT2D eigenvalue weighted by atomic mass is 10.00. The van der Waals surface area contributed by atoms with Gasteiger partial charge in [0.25, 0.3) is 5.91 Å². The minimum Gasteiger partial charge on any atom is -0.352 e. The summed E-state index contributed by atoms with van der Waals surface area (Å²) in [7, 11) is 0. The van der Waals surface area contributed by atoms with Gasteiger partial charge < -0.3 is 16.4 Å². The normalized spacial score (nSPS) is 17.8. The Bertz CT molecular complexity index is 774. The lowest BCUT2D eigenvalue weighted by Gasteiger charge is -2.15. The molecular weight excluding hydrogens is 399 g/mol. The van der Waals surface area contributed by atoms with Gasteiger partial charge in [-0.25, -0.2) is 0 Å². The van der Waals surface area contributed by atoms with Crippen molar-refractivity contribution in [1.29, 1.82) is 0 Å². The van der Waals surface area contributed by atoms with E-state index in [4.69, 9.17) is 5.73 Å². The second kappa shape index (κ2) is 11.6. The van der Waals surface area contributed by atoms with Crippen molar-refractivity contribution in [2.45, 2.75) is 38.3 Å². The highest BCUT2D eigenvalue weighted by Crippen LogP contribution is 2.26. The average Bonchev–Trinajstić information content (AvgIpc) is 3.06. The average molecular weight is 425 g/mol. The lowest BCUT2D eigenvalue weighted by Crippen LogP contribution is -2.31. The van der Waals surface area contributed by atoms with Crippen molar-refractivity contribution in [1.82, 2.24) is 10.3 Å². The number of benzene rings is 1. The maximum Gasteiger partial charge on any atom is 0.255 e. The van der Waals surface area contributed by atoms with E-state index < -0.39 is 0 Å². The molecule has 0 saturated heterocycles. The first-order valence-electron chi connectivity index (χ1n) is 8.94. The highest BCUT2D eigenvalue weighted by atomic mass is 35.5. The molecule has 0 unspecified atom stereocenters. The molecule has 1 aliphatic rings. The molecule has 0 radical (unpaired) electrons. The summed E-state index contributed by atoms with van der Waals surface area (Å²) in [5, 5.41) is 5.80. The Morgan fingerprint density at radius 2 is 1.86 bits per heavy atom. The summed E-state index contributed by atoms with van der Waals surface area (Å²) in [6.45, 7) is 0.430. The second-order valence-electron chi connectivity index (χ2n) is 6.73. The van der Waals surface area contributed by atoms with Crippen LogP contribution in [0.3, 0.4) is 0 Å². The molecule has 1 aromatic carbocycles.